The van der Waals surface area contributed by atoms with Crippen LogP contribution in [0.2, 0.25) is 0 Å². The molecular weight excluding hydrogens is 192 g/mol. The number of Topliss-reactive ketones (excluding diaryl/α,β-unsaturated/α-hetero) is 1. The van der Waals surface area contributed by atoms with Crippen LogP contribution in [0.15, 0.2) is 22.8 Å². The van der Waals surface area contributed by atoms with E-state index < -0.39 is 0 Å². The second kappa shape index (κ2) is 4.89. The predicted molar refractivity (Wildman–Crippen MR) is 58.1 cm³/mol. The molecule has 0 aromatic heterocycles. The zero-order valence-electron chi connectivity index (χ0n) is 9.09. The van der Waals surface area contributed by atoms with Gasteiger partial charge in [-0.05, 0) is 19.9 Å². The van der Waals surface area contributed by atoms with Crippen molar-refractivity contribution < 1.29 is 9.59 Å². The van der Waals surface area contributed by atoms with Crippen LogP contribution in [0, 0.1) is 0 Å². The zero-order chi connectivity index (χ0) is 11.4. The highest BCUT2D eigenvalue weighted by Crippen LogP contribution is 2.20. The fraction of sp³-hybridized carbons (Fsp3) is 0.455. The van der Waals surface area contributed by atoms with Gasteiger partial charge in [-0.15, -0.1) is 0 Å². The highest BCUT2D eigenvalue weighted by molar-refractivity contribution is 6.09. The van der Waals surface area contributed by atoms with E-state index in [1.165, 1.54) is 0 Å². The lowest BCUT2D eigenvalue weighted by molar-refractivity contribution is -0.119. The molecular formula is C11H16N2O2. The van der Waals surface area contributed by atoms with E-state index in [-0.39, 0.29) is 11.7 Å². The molecule has 82 valence electrons. The Morgan fingerprint density at radius 1 is 1.53 bits per heavy atom. The maximum atomic E-state index is 11.6. The molecule has 0 bridgehead atoms. The minimum atomic E-state index is -0.217. The summed E-state index contributed by atoms with van der Waals surface area (Å²) in [6.45, 7) is 4.36. The molecule has 0 saturated carbocycles. The van der Waals surface area contributed by atoms with E-state index in [2.05, 4.69) is 5.32 Å². The first-order valence-corrected chi connectivity index (χ1v) is 4.95. The topological polar surface area (TPSA) is 72.2 Å². The first kappa shape index (κ1) is 11.7. The van der Waals surface area contributed by atoms with Crippen molar-refractivity contribution >= 4 is 11.7 Å². The Morgan fingerprint density at radius 2 is 2.20 bits per heavy atom. The van der Waals surface area contributed by atoms with Gasteiger partial charge in [0.15, 0.2) is 5.78 Å². The van der Waals surface area contributed by atoms with Crippen LogP contribution in [0.1, 0.15) is 20.3 Å². The van der Waals surface area contributed by atoms with Crippen molar-refractivity contribution in [3.8, 4) is 0 Å². The number of hydrogen-bond donors (Lipinski definition) is 2. The number of nitrogens with two attached hydrogens (primary N) is 1. The van der Waals surface area contributed by atoms with Gasteiger partial charge < -0.3 is 11.1 Å². The van der Waals surface area contributed by atoms with Crippen LogP contribution in [0.4, 0.5) is 0 Å². The van der Waals surface area contributed by atoms with E-state index >= 15 is 0 Å². The summed E-state index contributed by atoms with van der Waals surface area (Å²) in [5.41, 5.74) is 7.21. The summed E-state index contributed by atoms with van der Waals surface area (Å²) in [4.78, 5) is 23.1. The monoisotopic (exact) mass is 208 g/mol. The van der Waals surface area contributed by atoms with Crippen molar-refractivity contribution in [2.24, 2.45) is 5.73 Å². The Labute approximate surface area is 89.2 Å². The minimum absolute atomic E-state index is 0.0212. The van der Waals surface area contributed by atoms with Gasteiger partial charge in [-0.3, -0.25) is 9.59 Å². The highest BCUT2D eigenvalue weighted by atomic mass is 16.2. The number of amides is 1. The summed E-state index contributed by atoms with van der Waals surface area (Å²) in [7, 11) is 0. The first-order valence-electron chi connectivity index (χ1n) is 4.95. The van der Waals surface area contributed by atoms with Gasteiger partial charge in [0, 0.05) is 30.7 Å². The molecule has 0 aromatic carbocycles. The molecule has 0 heterocycles. The summed E-state index contributed by atoms with van der Waals surface area (Å²) in [5.74, 6) is -0.196. The van der Waals surface area contributed by atoms with Crippen molar-refractivity contribution in [1.29, 1.82) is 0 Å². The van der Waals surface area contributed by atoms with Crippen LogP contribution in [-0.4, -0.2) is 24.8 Å². The fourth-order valence-corrected chi connectivity index (χ4v) is 1.46. The zero-order valence-corrected chi connectivity index (χ0v) is 9.09. The lowest BCUT2D eigenvalue weighted by Crippen LogP contribution is -2.31. The first-order chi connectivity index (χ1) is 7.06. The number of hydrogen-bond acceptors (Lipinski definition) is 3. The molecule has 4 nitrogen and oxygen atoms in total. The Balaban J connectivity index is 2.87. The third-order valence-electron chi connectivity index (χ3n) is 2.33. The van der Waals surface area contributed by atoms with Gasteiger partial charge in [-0.1, -0.05) is 5.57 Å². The molecule has 3 N–H and O–H groups in total. The third-order valence-corrected chi connectivity index (χ3v) is 2.33. The van der Waals surface area contributed by atoms with Gasteiger partial charge in [0.2, 0.25) is 0 Å². The molecule has 1 rings (SSSR count). The van der Waals surface area contributed by atoms with E-state index in [0.29, 0.717) is 30.7 Å². The predicted octanol–water partition coefficient (Wildman–Crippen LogP) is 0.297. The summed E-state index contributed by atoms with van der Waals surface area (Å²) >= 11 is 0. The number of carbonyl (C=O) groups is 2. The molecule has 0 aliphatic heterocycles. The molecule has 1 aliphatic rings. The van der Waals surface area contributed by atoms with Crippen molar-refractivity contribution in [3.05, 3.63) is 22.8 Å². The molecule has 1 aliphatic carbocycles. The lowest BCUT2D eigenvalue weighted by Gasteiger charge is -2.14. The Morgan fingerprint density at radius 3 is 2.80 bits per heavy atom. The quantitative estimate of drug-likeness (QED) is 0.700. The molecule has 0 spiro atoms. The van der Waals surface area contributed by atoms with Crippen molar-refractivity contribution in [2.45, 2.75) is 20.3 Å². The Bertz CT molecular complexity index is 354. The normalized spacial score (nSPS) is 16.5. The summed E-state index contributed by atoms with van der Waals surface area (Å²) in [6.07, 6.45) is 2.18. The van der Waals surface area contributed by atoms with E-state index in [4.69, 9.17) is 5.73 Å². The molecule has 1 amide bonds. The van der Waals surface area contributed by atoms with Gasteiger partial charge in [0.25, 0.3) is 5.91 Å². The molecule has 0 radical (unpaired) electrons. The highest BCUT2D eigenvalue weighted by Gasteiger charge is 2.20. The van der Waals surface area contributed by atoms with Crippen LogP contribution < -0.4 is 11.1 Å². The van der Waals surface area contributed by atoms with Gasteiger partial charge >= 0.3 is 0 Å². The second-order valence-electron chi connectivity index (χ2n) is 3.67. The summed E-state index contributed by atoms with van der Waals surface area (Å²) < 4.78 is 0. The fourth-order valence-electron chi connectivity index (χ4n) is 1.46. The number of nitrogens with one attached hydrogen (secondary N) is 1. The van der Waals surface area contributed by atoms with E-state index in [1.54, 1.807) is 13.0 Å². The average Bonchev–Trinajstić information content (AvgIpc) is 2.19. The van der Waals surface area contributed by atoms with Gasteiger partial charge in [-0.2, -0.15) is 0 Å². The minimum Gasteiger partial charge on any atom is -0.351 e. The summed E-state index contributed by atoms with van der Waals surface area (Å²) in [6, 6.07) is 0. The van der Waals surface area contributed by atoms with Crippen molar-refractivity contribution in [3.63, 3.8) is 0 Å². The molecule has 0 saturated heterocycles. The van der Waals surface area contributed by atoms with Crippen molar-refractivity contribution in [1.82, 2.24) is 5.32 Å². The number of ketones is 1. The standard InChI is InChI=1S/C11H16N2O2/c1-7-5-9(8(2)10(14)6-7)11(15)13-4-3-12/h5H,3-4,6,12H2,1-2H3,(H,13,15). The second-order valence-corrected chi connectivity index (χ2v) is 3.67. The molecule has 0 fully saturated rings. The molecule has 0 atom stereocenters. The van der Waals surface area contributed by atoms with Gasteiger partial charge in [0.05, 0.1) is 0 Å². The van der Waals surface area contributed by atoms with Crippen LogP contribution in [0.3, 0.4) is 0 Å². The Hall–Kier alpha value is -1.42. The van der Waals surface area contributed by atoms with Crippen LogP contribution in [-0.2, 0) is 9.59 Å². The molecule has 0 aromatic rings. The molecule has 4 heteroatoms. The van der Waals surface area contributed by atoms with Crippen LogP contribution >= 0.6 is 0 Å². The van der Waals surface area contributed by atoms with E-state index in [0.717, 1.165) is 5.57 Å². The maximum Gasteiger partial charge on any atom is 0.251 e. The van der Waals surface area contributed by atoms with Gasteiger partial charge in [-0.25, -0.2) is 0 Å². The average molecular weight is 208 g/mol. The van der Waals surface area contributed by atoms with E-state index in [1.807, 2.05) is 6.92 Å². The SMILES string of the molecule is CC1=CC(C(=O)NCCN)=C(C)C(=O)C1. The van der Waals surface area contributed by atoms with Crippen molar-refractivity contribution in [2.75, 3.05) is 13.1 Å². The lowest BCUT2D eigenvalue weighted by atomic mass is 9.92. The molecule has 0 unspecified atom stereocenters. The summed E-state index contributed by atoms with van der Waals surface area (Å²) in [5, 5.41) is 2.65. The molecule has 15 heavy (non-hydrogen) atoms. The largest absolute Gasteiger partial charge is 0.351 e. The number of rotatable bonds is 3. The van der Waals surface area contributed by atoms with Crippen LogP contribution in [0.25, 0.3) is 0 Å². The smallest absolute Gasteiger partial charge is 0.251 e. The number of allylic oxidation sites excluding steroid dienone is 2. The third kappa shape index (κ3) is 2.76. The van der Waals surface area contributed by atoms with E-state index in [9.17, 15) is 9.59 Å². The maximum absolute atomic E-state index is 11.6. The van der Waals surface area contributed by atoms with Crippen LogP contribution in [0.5, 0.6) is 0 Å². The number of carbonyl (C=O) groups excluding carboxylic acids is 2. The van der Waals surface area contributed by atoms with Gasteiger partial charge in [0.1, 0.15) is 0 Å². The Kier molecular flexibility index (Phi) is 3.80.